The monoisotopic (exact) mass is 233 g/mol. The van der Waals surface area contributed by atoms with E-state index >= 15 is 0 Å². The van der Waals surface area contributed by atoms with Gasteiger partial charge < -0.3 is 10.2 Å². The van der Waals surface area contributed by atoms with E-state index in [2.05, 4.69) is 10.3 Å². The molecule has 0 aromatic carbocycles. The van der Waals surface area contributed by atoms with Crippen LogP contribution in [0.1, 0.15) is 25.5 Å². The average molecular weight is 233 g/mol. The van der Waals surface area contributed by atoms with Crippen LogP contribution in [0.25, 0.3) is 0 Å². The first-order chi connectivity index (χ1) is 8.16. The molecule has 1 atom stereocenters. The summed E-state index contributed by atoms with van der Waals surface area (Å²) in [4.78, 5) is 18.2. The molecule has 2 rings (SSSR count). The highest BCUT2D eigenvalue weighted by atomic mass is 16.2. The Morgan fingerprint density at radius 3 is 2.82 bits per heavy atom. The lowest BCUT2D eigenvalue weighted by Gasteiger charge is -2.21. The van der Waals surface area contributed by atoms with Crippen LogP contribution in [0.3, 0.4) is 0 Å². The molecule has 1 aromatic heterocycles. The third-order valence-electron chi connectivity index (χ3n) is 3.07. The zero-order valence-electron chi connectivity index (χ0n) is 10.4. The minimum Gasteiger partial charge on any atom is -0.374 e. The molecule has 1 aliphatic rings. The van der Waals surface area contributed by atoms with Crippen molar-refractivity contribution in [2.45, 2.75) is 32.7 Å². The van der Waals surface area contributed by atoms with E-state index in [0.29, 0.717) is 0 Å². The highest BCUT2D eigenvalue weighted by Crippen LogP contribution is 2.13. The molecule has 0 saturated carbocycles. The summed E-state index contributed by atoms with van der Waals surface area (Å²) in [6.45, 7) is 5.66. The van der Waals surface area contributed by atoms with Crippen molar-refractivity contribution in [3.8, 4) is 0 Å². The molecule has 1 amide bonds. The molecule has 2 heterocycles. The Kier molecular flexibility index (Phi) is 3.61. The number of carbonyl (C=O) groups excluding carboxylic acids is 1. The van der Waals surface area contributed by atoms with E-state index in [4.69, 9.17) is 0 Å². The number of amides is 1. The van der Waals surface area contributed by atoms with Gasteiger partial charge in [-0.15, -0.1) is 0 Å². The van der Waals surface area contributed by atoms with Gasteiger partial charge in [-0.3, -0.25) is 9.78 Å². The molecular weight excluding hydrogens is 214 g/mol. The summed E-state index contributed by atoms with van der Waals surface area (Å²) in [6, 6.07) is 3.67. The second-order valence-corrected chi connectivity index (χ2v) is 4.58. The van der Waals surface area contributed by atoms with Gasteiger partial charge >= 0.3 is 0 Å². The molecule has 92 valence electrons. The number of aromatic nitrogens is 1. The number of hydrogen-bond donors (Lipinski definition) is 1. The summed E-state index contributed by atoms with van der Waals surface area (Å²) in [7, 11) is 0. The first-order valence-electron chi connectivity index (χ1n) is 6.15. The molecule has 0 aliphatic carbocycles. The van der Waals surface area contributed by atoms with Crippen molar-refractivity contribution >= 4 is 11.6 Å². The Labute approximate surface area is 102 Å². The van der Waals surface area contributed by atoms with Crippen LogP contribution in [0.2, 0.25) is 0 Å². The van der Waals surface area contributed by atoms with Crippen molar-refractivity contribution in [1.82, 2.24) is 9.88 Å². The molecule has 4 nitrogen and oxygen atoms in total. The molecule has 1 N–H and O–H groups in total. The van der Waals surface area contributed by atoms with Crippen LogP contribution in [0.4, 0.5) is 5.69 Å². The molecule has 4 heteroatoms. The summed E-state index contributed by atoms with van der Waals surface area (Å²) < 4.78 is 0. The third kappa shape index (κ3) is 2.96. The molecule has 0 spiro atoms. The first-order valence-corrected chi connectivity index (χ1v) is 6.15. The Bertz CT molecular complexity index is 399. The van der Waals surface area contributed by atoms with Gasteiger partial charge in [0.1, 0.15) is 6.04 Å². The van der Waals surface area contributed by atoms with Gasteiger partial charge in [0.2, 0.25) is 5.91 Å². The molecule has 17 heavy (non-hydrogen) atoms. The number of carbonyl (C=O) groups is 1. The molecule has 1 aromatic rings. The molecule has 1 fully saturated rings. The van der Waals surface area contributed by atoms with Gasteiger partial charge in [0.05, 0.1) is 0 Å². The summed E-state index contributed by atoms with van der Waals surface area (Å²) in [6.07, 6.45) is 4.02. The smallest absolute Gasteiger partial charge is 0.244 e. The van der Waals surface area contributed by atoms with Gasteiger partial charge in [-0.25, -0.2) is 0 Å². The van der Waals surface area contributed by atoms with E-state index in [1.807, 2.05) is 30.9 Å². The number of nitrogens with zero attached hydrogens (tertiary/aromatic N) is 2. The van der Waals surface area contributed by atoms with Crippen molar-refractivity contribution in [3.05, 3.63) is 24.0 Å². The lowest BCUT2D eigenvalue weighted by atomic mass is 10.2. The van der Waals surface area contributed by atoms with E-state index in [0.717, 1.165) is 37.3 Å². The number of likely N-dealkylation sites (tertiary alicyclic amines) is 1. The second kappa shape index (κ2) is 5.17. The van der Waals surface area contributed by atoms with E-state index < -0.39 is 0 Å². The maximum absolute atomic E-state index is 12.1. The normalized spacial score (nSPS) is 16.9. The topological polar surface area (TPSA) is 45.2 Å². The van der Waals surface area contributed by atoms with Crippen LogP contribution in [0.15, 0.2) is 18.3 Å². The van der Waals surface area contributed by atoms with Crippen molar-refractivity contribution in [3.63, 3.8) is 0 Å². The minimum absolute atomic E-state index is 0.171. The van der Waals surface area contributed by atoms with Crippen LogP contribution in [0.5, 0.6) is 0 Å². The summed E-state index contributed by atoms with van der Waals surface area (Å²) in [5, 5.41) is 3.23. The lowest BCUT2D eigenvalue weighted by Crippen LogP contribution is -2.39. The third-order valence-corrected chi connectivity index (χ3v) is 3.07. The molecule has 0 radical (unpaired) electrons. The number of pyridine rings is 1. The van der Waals surface area contributed by atoms with Gasteiger partial charge in [0.15, 0.2) is 0 Å². The van der Waals surface area contributed by atoms with Crippen LogP contribution in [0, 0.1) is 6.92 Å². The van der Waals surface area contributed by atoms with E-state index in [1.54, 1.807) is 6.20 Å². The maximum atomic E-state index is 12.1. The minimum atomic E-state index is -0.171. The fourth-order valence-electron chi connectivity index (χ4n) is 2.16. The number of rotatable bonds is 3. The van der Waals surface area contributed by atoms with Gasteiger partial charge in [0.25, 0.3) is 0 Å². The Morgan fingerprint density at radius 1 is 1.47 bits per heavy atom. The van der Waals surface area contributed by atoms with Crippen molar-refractivity contribution in [1.29, 1.82) is 0 Å². The zero-order valence-corrected chi connectivity index (χ0v) is 10.4. The highest BCUT2D eigenvalue weighted by Gasteiger charge is 2.22. The van der Waals surface area contributed by atoms with E-state index in [1.165, 1.54) is 0 Å². The number of hydrogen-bond acceptors (Lipinski definition) is 3. The molecule has 1 saturated heterocycles. The summed E-state index contributed by atoms with van der Waals surface area (Å²) >= 11 is 0. The molecule has 0 bridgehead atoms. The molecule has 1 aliphatic heterocycles. The fourth-order valence-corrected chi connectivity index (χ4v) is 2.16. The Morgan fingerprint density at radius 2 is 2.18 bits per heavy atom. The number of anilines is 1. The van der Waals surface area contributed by atoms with Gasteiger partial charge in [-0.05, 0) is 38.8 Å². The number of nitrogens with one attached hydrogen (secondary N) is 1. The fraction of sp³-hybridized carbons (Fsp3) is 0.538. The number of aryl methyl sites for hydroxylation is 1. The summed E-state index contributed by atoms with van der Waals surface area (Å²) in [5.41, 5.74) is 1.91. The predicted molar refractivity (Wildman–Crippen MR) is 67.9 cm³/mol. The zero-order chi connectivity index (χ0) is 12.3. The van der Waals surface area contributed by atoms with Crippen LogP contribution < -0.4 is 5.32 Å². The standard InChI is InChI=1S/C13H19N3O/c1-10-9-12(5-6-14-10)15-11(2)13(17)16-7-3-4-8-16/h5-6,9,11H,3-4,7-8H2,1-2H3,(H,14,15). The molecule has 1 unspecified atom stereocenters. The predicted octanol–water partition coefficient (Wildman–Crippen LogP) is 1.81. The lowest BCUT2D eigenvalue weighted by molar-refractivity contribution is -0.130. The second-order valence-electron chi connectivity index (χ2n) is 4.58. The van der Waals surface area contributed by atoms with Crippen molar-refractivity contribution < 1.29 is 4.79 Å². The SMILES string of the molecule is Cc1cc(NC(C)C(=O)N2CCCC2)ccn1. The summed E-state index contributed by atoms with van der Waals surface area (Å²) in [5.74, 6) is 0.192. The van der Waals surface area contributed by atoms with Crippen LogP contribution >= 0.6 is 0 Å². The maximum Gasteiger partial charge on any atom is 0.244 e. The van der Waals surface area contributed by atoms with Gasteiger partial charge in [-0.1, -0.05) is 0 Å². The molecular formula is C13H19N3O. The largest absolute Gasteiger partial charge is 0.374 e. The van der Waals surface area contributed by atoms with Crippen molar-refractivity contribution in [2.75, 3.05) is 18.4 Å². The van der Waals surface area contributed by atoms with Gasteiger partial charge in [0, 0.05) is 30.7 Å². The van der Waals surface area contributed by atoms with Gasteiger partial charge in [-0.2, -0.15) is 0 Å². The Hall–Kier alpha value is -1.58. The van der Waals surface area contributed by atoms with E-state index in [9.17, 15) is 4.79 Å². The Balaban J connectivity index is 1.96. The van der Waals surface area contributed by atoms with E-state index in [-0.39, 0.29) is 11.9 Å². The van der Waals surface area contributed by atoms with Crippen LogP contribution in [-0.4, -0.2) is 34.9 Å². The average Bonchev–Trinajstić information content (AvgIpc) is 2.81. The van der Waals surface area contributed by atoms with Crippen molar-refractivity contribution in [2.24, 2.45) is 0 Å². The van der Waals surface area contributed by atoms with Crippen LogP contribution in [-0.2, 0) is 4.79 Å². The first kappa shape index (κ1) is 11.9. The highest BCUT2D eigenvalue weighted by molar-refractivity contribution is 5.84. The quantitative estimate of drug-likeness (QED) is 0.866.